The number of rotatable bonds is 5. The lowest BCUT2D eigenvalue weighted by molar-refractivity contribution is 0.161. The summed E-state index contributed by atoms with van der Waals surface area (Å²) in [6.07, 6.45) is 6.13. The Kier molecular flexibility index (Phi) is 4.87. The van der Waals surface area contributed by atoms with Crippen LogP contribution >= 0.6 is 0 Å². The maximum Gasteiger partial charge on any atom is 0.0945 e. The van der Waals surface area contributed by atoms with Gasteiger partial charge in [-0.15, -0.1) is 5.10 Å². The minimum absolute atomic E-state index is 0.247. The van der Waals surface area contributed by atoms with Gasteiger partial charge in [-0.05, 0) is 24.9 Å². The van der Waals surface area contributed by atoms with E-state index in [2.05, 4.69) is 50.9 Å². The topological polar surface area (TPSA) is 55.2 Å². The standard InChI is InChI=1S/C18H25N5O/c1-2-5-15(6-3-1)11-22-9-4-7-16(12-22)20-17-13-24-14-18(17)23-10-8-19-21-23/h1-3,5-6,8,10,16-18,20H,4,7,9,11-14H2/t16-,17+,18-/m1/s1. The van der Waals surface area contributed by atoms with E-state index in [4.69, 9.17) is 4.74 Å². The van der Waals surface area contributed by atoms with Gasteiger partial charge < -0.3 is 10.1 Å². The molecule has 0 spiro atoms. The Hall–Kier alpha value is -1.76. The minimum atomic E-state index is 0.247. The van der Waals surface area contributed by atoms with Gasteiger partial charge in [0.1, 0.15) is 0 Å². The van der Waals surface area contributed by atoms with Gasteiger partial charge in [-0.1, -0.05) is 35.5 Å². The van der Waals surface area contributed by atoms with Gasteiger partial charge in [0.25, 0.3) is 0 Å². The maximum absolute atomic E-state index is 5.69. The predicted octanol–water partition coefficient (Wildman–Crippen LogP) is 1.47. The molecule has 4 rings (SSSR count). The molecular weight excluding hydrogens is 302 g/mol. The third-order valence-corrected chi connectivity index (χ3v) is 5.04. The second-order valence-electron chi connectivity index (χ2n) is 6.82. The molecule has 1 N–H and O–H groups in total. The Morgan fingerprint density at radius 2 is 2.12 bits per heavy atom. The number of nitrogens with one attached hydrogen (secondary N) is 1. The van der Waals surface area contributed by atoms with Gasteiger partial charge >= 0.3 is 0 Å². The highest BCUT2D eigenvalue weighted by Gasteiger charge is 2.33. The second kappa shape index (κ2) is 7.42. The number of benzene rings is 1. The molecular formula is C18H25N5O. The molecule has 1 aromatic carbocycles. The van der Waals surface area contributed by atoms with Gasteiger partial charge in [-0.25, -0.2) is 4.68 Å². The SMILES string of the molecule is c1ccc(CN2CCC[C@@H](N[C@H]3COC[C@H]3n3ccnn3)C2)cc1. The summed E-state index contributed by atoms with van der Waals surface area (Å²) < 4.78 is 7.62. The van der Waals surface area contributed by atoms with Crippen LogP contribution < -0.4 is 5.32 Å². The third-order valence-electron chi connectivity index (χ3n) is 5.04. The van der Waals surface area contributed by atoms with E-state index in [0.29, 0.717) is 18.7 Å². The number of likely N-dealkylation sites (tertiary alicyclic amines) is 1. The van der Waals surface area contributed by atoms with Crippen LogP contribution in [0.2, 0.25) is 0 Å². The zero-order valence-electron chi connectivity index (χ0n) is 13.9. The summed E-state index contributed by atoms with van der Waals surface area (Å²) in [5, 5.41) is 11.9. The molecule has 3 atom stereocenters. The van der Waals surface area contributed by atoms with Crippen LogP contribution in [-0.4, -0.2) is 58.3 Å². The highest BCUT2D eigenvalue weighted by Crippen LogP contribution is 2.21. The molecule has 0 saturated carbocycles. The fourth-order valence-electron chi connectivity index (χ4n) is 3.84. The zero-order chi connectivity index (χ0) is 16.2. The van der Waals surface area contributed by atoms with Crippen LogP contribution in [0, 0.1) is 0 Å². The molecule has 2 aromatic rings. The van der Waals surface area contributed by atoms with E-state index in [1.807, 2.05) is 10.9 Å². The Morgan fingerprint density at radius 3 is 2.96 bits per heavy atom. The number of nitrogens with zero attached hydrogens (tertiary/aromatic N) is 4. The number of hydrogen-bond donors (Lipinski definition) is 1. The molecule has 0 radical (unpaired) electrons. The zero-order valence-corrected chi connectivity index (χ0v) is 13.9. The van der Waals surface area contributed by atoms with E-state index in [0.717, 1.165) is 19.7 Å². The van der Waals surface area contributed by atoms with Gasteiger partial charge in [-0.3, -0.25) is 4.90 Å². The highest BCUT2D eigenvalue weighted by atomic mass is 16.5. The Bertz CT molecular complexity index is 618. The summed E-state index contributed by atoms with van der Waals surface area (Å²) in [6, 6.07) is 11.8. The fraction of sp³-hybridized carbons (Fsp3) is 0.556. The van der Waals surface area contributed by atoms with E-state index in [-0.39, 0.29) is 6.04 Å². The quantitative estimate of drug-likeness (QED) is 0.901. The molecule has 24 heavy (non-hydrogen) atoms. The molecule has 0 aliphatic carbocycles. The average molecular weight is 327 g/mol. The van der Waals surface area contributed by atoms with Crippen molar-refractivity contribution < 1.29 is 4.74 Å². The third kappa shape index (κ3) is 3.66. The monoisotopic (exact) mass is 327 g/mol. The van der Waals surface area contributed by atoms with Gasteiger partial charge in [0, 0.05) is 25.3 Å². The van der Waals surface area contributed by atoms with Crippen LogP contribution in [0.1, 0.15) is 24.4 Å². The van der Waals surface area contributed by atoms with Crippen molar-refractivity contribution in [1.29, 1.82) is 0 Å². The van der Waals surface area contributed by atoms with Crippen molar-refractivity contribution in [3.8, 4) is 0 Å². The number of hydrogen-bond acceptors (Lipinski definition) is 5. The van der Waals surface area contributed by atoms with E-state index in [9.17, 15) is 0 Å². The van der Waals surface area contributed by atoms with Crippen molar-refractivity contribution in [2.24, 2.45) is 0 Å². The normalized spacial score (nSPS) is 28.2. The summed E-state index contributed by atoms with van der Waals surface area (Å²) in [4.78, 5) is 2.55. The summed E-state index contributed by atoms with van der Waals surface area (Å²) in [5.41, 5.74) is 1.39. The largest absolute Gasteiger partial charge is 0.377 e. The summed E-state index contributed by atoms with van der Waals surface area (Å²) in [6.45, 7) is 4.77. The second-order valence-corrected chi connectivity index (χ2v) is 6.82. The molecule has 3 heterocycles. The van der Waals surface area contributed by atoms with E-state index >= 15 is 0 Å². The Labute approximate surface area is 142 Å². The summed E-state index contributed by atoms with van der Waals surface area (Å²) >= 11 is 0. The first-order chi connectivity index (χ1) is 11.9. The van der Waals surface area contributed by atoms with E-state index in [1.54, 1.807) is 6.20 Å². The minimum Gasteiger partial charge on any atom is -0.377 e. The van der Waals surface area contributed by atoms with Crippen molar-refractivity contribution in [3.05, 3.63) is 48.3 Å². The first-order valence-electron chi connectivity index (χ1n) is 8.84. The predicted molar refractivity (Wildman–Crippen MR) is 91.5 cm³/mol. The van der Waals surface area contributed by atoms with Crippen LogP contribution in [0.25, 0.3) is 0 Å². The van der Waals surface area contributed by atoms with Gasteiger partial charge in [0.05, 0.1) is 31.5 Å². The van der Waals surface area contributed by atoms with Gasteiger partial charge in [0.2, 0.25) is 0 Å². The molecule has 2 aliphatic heterocycles. The average Bonchev–Trinajstić information content (AvgIpc) is 3.27. The molecule has 128 valence electrons. The summed E-state index contributed by atoms with van der Waals surface area (Å²) in [7, 11) is 0. The fourth-order valence-corrected chi connectivity index (χ4v) is 3.84. The lowest BCUT2D eigenvalue weighted by Gasteiger charge is -2.35. The smallest absolute Gasteiger partial charge is 0.0945 e. The molecule has 2 aliphatic rings. The van der Waals surface area contributed by atoms with Crippen molar-refractivity contribution >= 4 is 0 Å². The highest BCUT2D eigenvalue weighted by molar-refractivity contribution is 5.14. The van der Waals surface area contributed by atoms with Crippen LogP contribution in [0.5, 0.6) is 0 Å². The lowest BCUT2D eigenvalue weighted by Crippen LogP contribution is -2.51. The first kappa shape index (κ1) is 15.7. The number of ether oxygens (including phenoxy) is 1. The van der Waals surface area contributed by atoms with Crippen molar-refractivity contribution in [1.82, 2.24) is 25.2 Å². The van der Waals surface area contributed by atoms with Crippen molar-refractivity contribution in [2.45, 2.75) is 37.5 Å². The molecule has 0 amide bonds. The van der Waals surface area contributed by atoms with E-state index < -0.39 is 0 Å². The van der Waals surface area contributed by atoms with Crippen molar-refractivity contribution in [2.75, 3.05) is 26.3 Å². The molecule has 0 bridgehead atoms. The van der Waals surface area contributed by atoms with Crippen LogP contribution in [0.4, 0.5) is 0 Å². The van der Waals surface area contributed by atoms with Crippen molar-refractivity contribution in [3.63, 3.8) is 0 Å². The molecule has 2 saturated heterocycles. The molecule has 6 nitrogen and oxygen atoms in total. The van der Waals surface area contributed by atoms with Gasteiger partial charge in [-0.2, -0.15) is 0 Å². The Morgan fingerprint density at radius 1 is 1.21 bits per heavy atom. The van der Waals surface area contributed by atoms with Crippen LogP contribution in [0.15, 0.2) is 42.7 Å². The Balaban J connectivity index is 1.34. The summed E-state index contributed by atoms with van der Waals surface area (Å²) in [5.74, 6) is 0. The van der Waals surface area contributed by atoms with Gasteiger partial charge in [0.15, 0.2) is 0 Å². The number of aromatic nitrogens is 3. The number of piperidine rings is 1. The van der Waals surface area contributed by atoms with Crippen LogP contribution in [-0.2, 0) is 11.3 Å². The first-order valence-corrected chi connectivity index (χ1v) is 8.84. The lowest BCUT2D eigenvalue weighted by atomic mass is 10.0. The van der Waals surface area contributed by atoms with E-state index in [1.165, 1.54) is 24.9 Å². The maximum atomic E-state index is 5.69. The van der Waals surface area contributed by atoms with Crippen LogP contribution in [0.3, 0.4) is 0 Å². The molecule has 0 unspecified atom stereocenters. The molecule has 6 heteroatoms. The molecule has 2 fully saturated rings. The molecule has 1 aromatic heterocycles.